The molecule has 3 aromatic heterocycles. The number of aliphatic hydroxyl groups excluding tert-OH is 1. The van der Waals surface area contributed by atoms with Gasteiger partial charge in [-0.2, -0.15) is 0 Å². The number of amides is 2. The summed E-state index contributed by atoms with van der Waals surface area (Å²) in [6.07, 6.45) is 11.3. The molecule has 12 heteroatoms. The summed E-state index contributed by atoms with van der Waals surface area (Å²) in [5, 5.41) is 12.3. The minimum absolute atomic E-state index is 0.136. The van der Waals surface area contributed by atoms with Gasteiger partial charge in [-0.05, 0) is 97.9 Å². The van der Waals surface area contributed by atoms with Crippen LogP contribution in [0.15, 0.2) is 90.2 Å². The highest BCUT2D eigenvalue weighted by Gasteiger charge is 2.36. The molecule has 5 aromatic rings. The molecule has 4 N–H and O–H groups in total. The van der Waals surface area contributed by atoms with Gasteiger partial charge in [0.2, 0.25) is 11.3 Å². The molecule has 0 spiro atoms. The van der Waals surface area contributed by atoms with Crippen LogP contribution in [0.4, 0.5) is 20.3 Å². The number of benzene rings is 2. The van der Waals surface area contributed by atoms with Crippen LogP contribution >= 0.6 is 0 Å². The molecule has 54 heavy (non-hydrogen) atoms. The Balaban J connectivity index is 0.982. The van der Waals surface area contributed by atoms with E-state index in [0.717, 1.165) is 61.4 Å². The predicted octanol–water partition coefficient (Wildman–Crippen LogP) is 6.47. The molecule has 276 valence electrons. The van der Waals surface area contributed by atoms with E-state index >= 15 is 4.39 Å². The van der Waals surface area contributed by atoms with Gasteiger partial charge in [-0.15, -0.1) is 0 Å². The van der Waals surface area contributed by atoms with Gasteiger partial charge in [0.15, 0.2) is 0 Å². The fourth-order valence-electron chi connectivity index (χ4n) is 7.56. The van der Waals surface area contributed by atoms with Crippen LogP contribution in [0.3, 0.4) is 0 Å². The normalized spacial score (nSPS) is 19.5. The zero-order chi connectivity index (χ0) is 37.5. The van der Waals surface area contributed by atoms with Crippen molar-refractivity contribution < 1.29 is 23.5 Å². The standard InChI is InChI=1S/C42H40F2N6O4/c43-29-7-11-38(46-19-29)35-22-49(20-25-1-2-25)23-36(40(35)53)42(54)48-30-8-10-33(37(44)17-30)34-16-28(18-47-41(34)45)27-5-3-24(4-6-27)13-31-9-12-39(52)50(31)21-26-14-32(51)15-26/h3-8,10-11,16-19,22-23,25-26,31-32,51H,1-2,9,12-15,20-21H2,(H2,45,47)(H,48,54)/t26?,31-,32?/m0/s1. The SMILES string of the molecule is Nc1ncc(-c2ccc(C[C@@H]3CCC(=O)N3CC3CC(O)C3)cc2)cc1-c1ccc(NC(=O)c2cn(CC3CC3)cc(-c3ccc(F)cn3)c2=O)cc1F. The average Bonchev–Trinajstić information content (AvgIpc) is 3.90. The van der Waals surface area contributed by atoms with E-state index in [4.69, 9.17) is 5.73 Å². The number of rotatable bonds is 11. The third-order valence-electron chi connectivity index (χ3n) is 10.8. The minimum Gasteiger partial charge on any atom is -0.393 e. The molecule has 2 aromatic carbocycles. The first-order valence-electron chi connectivity index (χ1n) is 18.4. The van der Waals surface area contributed by atoms with Crippen LogP contribution in [0.5, 0.6) is 0 Å². The number of aromatic nitrogens is 3. The Kier molecular flexibility index (Phi) is 9.53. The highest BCUT2D eigenvalue weighted by atomic mass is 19.1. The van der Waals surface area contributed by atoms with Gasteiger partial charge in [0.1, 0.15) is 23.0 Å². The van der Waals surface area contributed by atoms with Gasteiger partial charge >= 0.3 is 0 Å². The lowest BCUT2D eigenvalue weighted by Crippen LogP contribution is -2.43. The van der Waals surface area contributed by atoms with E-state index in [1.807, 2.05) is 29.2 Å². The third-order valence-corrected chi connectivity index (χ3v) is 10.8. The van der Waals surface area contributed by atoms with Crippen LogP contribution < -0.4 is 16.5 Å². The first kappa shape index (κ1) is 35.3. The zero-order valence-corrected chi connectivity index (χ0v) is 29.6. The number of aliphatic hydroxyl groups is 1. The number of pyridine rings is 3. The number of nitrogens with zero attached hydrogens (tertiary/aromatic N) is 4. The van der Waals surface area contributed by atoms with Crippen molar-refractivity contribution in [1.82, 2.24) is 19.4 Å². The summed E-state index contributed by atoms with van der Waals surface area (Å²) < 4.78 is 31.1. The molecule has 1 aliphatic heterocycles. The molecule has 4 heterocycles. The van der Waals surface area contributed by atoms with E-state index in [2.05, 4.69) is 15.3 Å². The largest absolute Gasteiger partial charge is 0.393 e. The summed E-state index contributed by atoms with van der Waals surface area (Å²) >= 11 is 0. The van der Waals surface area contributed by atoms with Gasteiger partial charge < -0.3 is 25.6 Å². The molecule has 1 atom stereocenters. The van der Waals surface area contributed by atoms with E-state index in [1.165, 1.54) is 36.5 Å². The highest BCUT2D eigenvalue weighted by molar-refractivity contribution is 6.04. The van der Waals surface area contributed by atoms with E-state index < -0.39 is 23.0 Å². The summed E-state index contributed by atoms with van der Waals surface area (Å²) in [5.74, 6) is -0.766. The Morgan fingerprint density at radius 3 is 2.35 bits per heavy atom. The maximum Gasteiger partial charge on any atom is 0.261 e. The van der Waals surface area contributed by atoms with Crippen molar-refractivity contribution in [2.75, 3.05) is 17.6 Å². The fraction of sp³-hybridized carbons (Fsp3) is 0.310. The summed E-state index contributed by atoms with van der Waals surface area (Å²) in [4.78, 5) is 50.0. The molecular weight excluding hydrogens is 690 g/mol. The lowest BCUT2D eigenvalue weighted by Gasteiger charge is -2.36. The van der Waals surface area contributed by atoms with Crippen molar-refractivity contribution in [3.63, 3.8) is 0 Å². The smallest absolute Gasteiger partial charge is 0.261 e. The van der Waals surface area contributed by atoms with Gasteiger partial charge in [-0.3, -0.25) is 19.4 Å². The van der Waals surface area contributed by atoms with Crippen molar-refractivity contribution >= 4 is 23.3 Å². The van der Waals surface area contributed by atoms with Gasteiger partial charge in [-0.25, -0.2) is 13.8 Å². The molecule has 0 bridgehead atoms. The molecular formula is C42H40F2N6O4. The number of carbonyl (C=O) groups excluding carboxylic acids is 2. The summed E-state index contributed by atoms with van der Waals surface area (Å²) in [6, 6.07) is 16.7. The van der Waals surface area contributed by atoms with E-state index in [9.17, 15) is 23.9 Å². The lowest BCUT2D eigenvalue weighted by molar-refractivity contribution is -0.130. The summed E-state index contributed by atoms with van der Waals surface area (Å²) in [6.45, 7) is 1.32. The molecule has 0 radical (unpaired) electrons. The van der Waals surface area contributed by atoms with Gasteiger partial charge in [0.25, 0.3) is 5.91 Å². The second-order valence-electron chi connectivity index (χ2n) is 14.9. The third kappa shape index (κ3) is 7.52. The van der Waals surface area contributed by atoms with Crippen molar-refractivity contribution in [2.24, 2.45) is 11.8 Å². The lowest BCUT2D eigenvalue weighted by atomic mass is 9.82. The number of halogens is 2. The number of nitrogens with one attached hydrogen (secondary N) is 1. The maximum absolute atomic E-state index is 15.8. The van der Waals surface area contributed by atoms with Crippen molar-refractivity contribution in [3.05, 3.63) is 118 Å². The number of nitrogens with two attached hydrogens (primary N) is 1. The number of hydrogen-bond donors (Lipinski definition) is 3. The van der Waals surface area contributed by atoms with Crippen LogP contribution in [0, 0.1) is 23.5 Å². The van der Waals surface area contributed by atoms with E-state index in [0.29, 0.717) is 36.9 Å². The Labute approximate surface area is 310 Å². The number of hydrogen-bond acceptors (Lipinski definition) is 7. The quantitative estimate of drug-likeness (QED) is 0.141. The van der Waals surface area contributed by atoms with Gasteiger partial charge in [-0.1, -0.05) is 24.3 Å². The molecule has 1 saturated heterocycles. The summed E-state index contributed by atoms with van der Waals surface area (Å²) in [5.41, 5.74) is 9.37. The topological polar surface area (TPSA) is 143 Å². The molecule has 2 aliphatic carbocycles. The molecule has 2 amide bonds. The fourth-order valence-corrected chi connectivity index (χ4v) is 7.56. The summed E-state index contributed by atoms with van der Waals surface area (Å²) in [7, 11) is 0. The molecule has 2 saturated carbocycles. The zero-order valence-electron chi connectivity index (χ0n) is 29.6. The number of nitrogen functional groups attached to an aromatic ring is 1. The molecule has 10 nitrogen and oxygen atoms in total. The number of carbonyl (C=O) groups is 2. The van der Waals surface area contributed by atoms with Crippen molar-refractivity contribution in [2.45, 2.75) is 63.6 Å². The van der Waals surface area contributed by atoms with Crippen LogP contribution in [-0.2, 0) is 17.8 Å². The van der Waals surface area contributed by atoms with Gasteiger partial charge in [0, 0.05) is 66.5 Å². The van der Waals surface area contributed by atoms with Gasteiger partial charge in [0.05, 0.1) is 23.6 Å². The van der Waals surface area contributed by atoms with Crippen LogP contribution in [0.2, 0.25) is 0 Å². The number of anilines is 2. The van der Waals surface area contributed by atoms with Crippen LogP contribution in [-0.4, -0.2) is 55.0 Å². The minimum atomic E-state index is -0.710. The Bertz CT molecular complexity index is 2280. The van der Waals surface area contributed by atoms with E-state index in [1.54, 1.807) is 23.0 Å². The first-order valence-corrected chi connectivity index (χ1v) is 18.4. The molecule has 8 rings (SSSR count). The average molecular weight is 731 g/mol. The van der Waals surface area contributed by atoms with E-state index in [-0.39, 0.29) is 51.9 Å². The van der Waals surface area contributed by atoms with Crippen molar-refractivity contribution in [3.8, 4) is 33.5 Å². The Morgan fingerprint density at radius 1 is 0.852 bits per heavy atom. The highest BCUT2D eigenvalue weighted by Crippen LogP contribution is 2.35. The molecule has 3 fully saturated rings. The van der Waals surface area contributed by atoms with Crippen molar-refractivity contribution in [1.29, 1.82) is 0 Å². The Hall–Kier alpha value is -5.75. The maximum atomic E-state index is 15.8. The first-order chi connectivity index (χ1) is 26.1. The molecule has 0 unspecified atom stereocenters. The molecule has 3 aliphatic rings. The van der Waals surface area contributed by atoms with Crippen LogP contribution in [0.1, 0.15) is 54.4 Å². The Morgan fingerprint density at radius 2 is 1.65 bits per heavy atom. The monoisotopic (exact) mass is 730 g/mol. The van der Waals surface area contributed by atoms with Crippen LogP contribution in [0.25, 0.3) is 33.5 Å². The number of likely N-dealkylation sites (tertiary alicyclic amines) is 1. The predicted molar refractivity (Wildman–Crippen MR) is 201 cm³/mol. The second kappa shape index (κ2) is 14.6. The second-order valence-corrected chi connectivity index (χ2v) is 14.9.